The first kappa shape index (κ1) is 9.46. The molecule has 0 saturated heterocycles. The maximum Gasteiger partial charge on any atom is 0.162 e. The van der Waals surface area contributed by atoms with Crippen molar-refractivity contribution in [3.63, 3.8) is 0 Å². The monoisotopic (exact) mass is 220 g/mol. The average molecular weight is 220 g/mol. The molecule has 0 saturated carbocycles. The molecule has 0 atom stereocenters. The molecular weight excluding hydrogens is 213 g/mol. The normalized spacial score (nSPS) is 14.7. The Hall–Kier alpha value is -1.77. The van der Waals surface area contributed by atoms with Gasteiger partial charge in [0.15, 0.2) is 5.83 Å². The first-order valence-electron chi connectivity index (χ1n) is 4.92. The minimum Gasteiger partial charge on any atom is -0.208 e. The number of hydrogen-bond donors (Lipinski definition) is 0. The molecule has 2 aromatic carbocycles. The first-order valence-corrected chi connectivity index (χ1v) is 4.92. The van der Waals surface area contributed by atoms with Crippen LogP contribution in [0.2, 0.25) is 0 Å². The molecule has 0 unspecified atom stereocenters. The quantitative estimate of drug-likeness (QED) is 0.625. The van der Waals surface area contributed by atoms with E-state index in [1.54, 1.807) is 18.2 Å². The molecule has 0 radical (unpaired) electrons. The van der Waals surface area contributed by atoms with Crippen LogP contribution in [0.4, 0.5) is 13.2 Å². The summed E-state index contributed by atoms with van der Waals surface area (Å²) in [4.78, 5) is 0. The van der Waals surface area contributed by atoms with Crippen molar-refractivity contribution in [2.45, 2.75) is 6.42 Å². The summed E-state index contributed by atoms with van der Waals surface area (Å²) in [5.41, 5.74) is 0.723. The van der Waals surface area contributed by atoms with Crippen molar-refractivity contribution in [2.24, 2.45) is 0 Å². The van der Waals surface area contributed by atoms with E-state index in [1.807, 2.05) is 0 Å². The van der Waals surface area contributed by atoms with Gasteiger partial charge < -0.3 is 0 Å². The average Bonchev–Trinajstić information content (AvgIpc) is 2.25. The van der Waals surface area contributed by atoms with Crippen LogP contribution in [-0.4, -0.2) is 0 Å². The van der Waals surface area contributed by atoms with Crippen molar-refractivity contribution in [2.75, 3.05) is 0 Å². The molecule has 3 rings (SSSR count). The van der Waals surface area contributed by atoms with Crippen LogP contribution < -0.4 is 0 Å². The van der Waals surface area contributed by atoms with Gasteiger partial charge in [-0.15, -0.1) is 0 Å². The molecule has 0 bridgehead atoms. The summed E-state index contributed by atoms with van der Waals surface area (Å²) in [5, 5.41) is 1.22. The van der Waals surface area contributed by atoms with Gasteiger partial charge in [0.05, 0.1) is 0 Å². The molecule has 0 spiro atoms. The van der Waals surface area contributed by atoms with E-state index in [2.05, 4.69) is 0 Å². The number of benzene rings is 2. The second-order valence-electron chi connectivity index (χ2n) is 3.86. The maximum absolute atomic E-state index is 13.6. The second kappa shape index (κ2) is 3.11. The fraction of sp³-hybridized carbons (Fsp3) is 0.0769. The van der Waals surface area contributed by atoms with Gasteiger partial charge in [-0.2, -0.15) is 0 Å². The third-order valence-electron chi connectivity index (χ3n) is 2.85. The Kier molecular flexibility index (Phi) is 1.84. The van der Waals surface area contributed by atoms with Crippen molar-refractivity contribution in [3.8, 4) is 0 Å². The van der Waals surface area contributed by atoms with Crippen LogP contribution >= 0.6 is 0 Å². The van der Waals surface area contributed by atoms with Crippen molar-refractivity contribution < 1.29 is 13.2 Å². The van der Waals surface area contributed by atoms with E-state index in [-0.39, 0.29) is 12.0 Å². The minimum atomic E-state index is -0.941. The van der Waals surface area contributed by atoms with Gasteiger partial charge in [-0.25, -0.2) is 13.2 Å². The zero-order chi connectivity index (χ0) is 11.3. The van der Waals surface area contributed by atoms with Gasteiger partial charge in [-0.3, -0.25) is 0 Å². The van der Waals surface area contributed by atoms with Crippen LogP contribution in [0.1, 0.15) is 11.1 Å². The number of rotatable bonds is 0. The summed E-state index contributed by atoms with van der Waals surface area (Å²) in [5.74, 6) is -2.32. The molecule has 2 aromatic rings. The molecule has 1 aliphatic carbocycles. The lowest BCUT2D eigenvalue weighted by atomic mass is 9.92. The molecule has 16 heavy (non-hydrogen) atoms. The zero-order valence-corrected chi connectivity index (χ0v) is 8.23. The van der Waals surface area contributed by atoms with Crippen LogP contribution in [0, 0.1) is 5.82 Å². The molecule has 0 fully saturated rings. The number of hydrogen-bond acceptors (Lipinski definition) is 0. The zero-order valence-electron chi connectivity index (χ0n) is 8.23. The van der Waals surface area contributed by atoms with E-state index in [1.165, 1.54) is 6.07 Å². The molecule has 1 aliphatic rings. The Labute approximate surface area is 90.0 Å². The molecule has 3 heteroatoms. The van der Waals surface area contributed by atoms with Gasteiger partial charge in [0, 0.05) is 12.0 Å². The highest BCUT2D eigenvalue weighted by atomic mass is 19.2. The molecular formula is C13H7F3. The van der Waals surface area contributed by atoms with E-state index in [0.29, 0.717) is 16.3 Å². The fourth-order valence-electron chi connectivity index (χ4n) is 2.18. The van der Waals surface area contributed by atoms with Crippen molar-refractivity contribution in [1.82, 2.24) is 0 Å². The molecule has 80 valence electrons. The first-order chi connectivity index (χ1) is 7.66. The van der Waals surface area contributed by atoms with Gasteiger partial charge in [0.2, 0.25) is 0 Å². The van der Waals surface area contributed by atoms with Crippen LogP contribution in [0.25, 0.3) is 16.6 Å². The maximum atomic E-state index is 13.6. The predicted octanol–water partition coefficient (Wildman–Crippen LogP) is 4.14. The topological polar surface area (TPSA) is 0 Å². The summed E-state index contributed by atoms with van der Waals surface area (Å²) in [7, 11) is 0. The Balaban J connectivity index is 2.51. The highest BCUT2D eigenvalue weighted by Crippen LogP contribution is 2.37. The van der Waals surface area contributed by atoms with E-state index >= 15 is 0 Å². The molecule has 0 aliphatic heterocycles. The molecule has 0 nitrogen and oxygen atoms in total. The lowest BCUT2D eigenvalue weighted by Gasteiger charge is -2.15. The lowest BCUT2D eigenvalue weighted by Crippen LogP contribution is -2.00. The van der Waals surface area contributed by atoms with Crippen LogP contribution in [0.5, 0.6) is 0 Å². The predicted molar refractivity (Wildman–Crippen MR) is 56.7 cm³/mol. The van der Waals surface area contributed by atoms with Crippen molar-refractivity contribution >= 4 is 16.6 Å². The van der Waals surface area contributed by atoms with E-state index in [0.717, 1.165) is 6.07 Å². The lowest BCUT2D eigenvalue weighted by molar-refractivity contribution is 0.579. The van der Waals surface area contributed by atoms with Crippen molar-refractivity contribution in [3.05, 3.63) is 53.1 Å². The molecule has 0 N–H and O–H groups in total. The van der Waals surface area contributed by atoms with Crippen LogP contribution in [0.3, 0.4) is 0 Å². The number of halogens is 3. The molecule has 0 heterocycles. The Morgan fingerprint density at radius 3 is 2.62 bits per heavy atom. The SMILES string of the molecule is FC1=C(F)c2cc(F)cc3cccc(c23)C1. The second-order valence-corrected chi connectivity index (χ2v) is 3.86. The Morgan fingerprint density at radius 2 is 1.81 bits per heavy atom. The van der Waals surface area contributed by atoms with Crippen LogP contribution in [0.15, 0.2) is 36.2 Å². The van der Waals surface area contributed by atoms with E-state index < -0.39 is 17.5 Å². The standard InChI is InChI=1S/C13H7F3/c14-9-4-7-2-1-3-8-5-11(15)13(16)10(6-9)12(7)8/h1-4,6H,5H2. The summed E-state index contributed by atoms with van der Waals surface area (Å²) in [6.07, 6.45) is -0.0538. The van der Waals surface area contributed by atoms with E-state index in [4.69, 9.17) is 0 Å². The Bertz CT molecular complexity index is 626. The highest BCUT2D eigenvalue weighted by Gasteiger charge is 2.21. The summed E-state index contributed by atoms with van der Waals surface area (Å²) in [6.45, 7) is 0. The van der Waals surface area contributed by atoms with Gasteiger partial charge in [0.1, 0.15) is 11.6 Å². The summed E-state index contributed by atoms with van der Waals surface area (Å²) < 4.78 is 40.1. The highest BCUT2D eigenvalue weighted by molar-refractivity contribution is 5.97. The minimum absolute atomic E-state index is 0.0225. The Morgan fingerprint density at radius 1 is 1.00 bits per heavy atom. The van der Waals surface area contributed by atoms with Gasteiger partial charge in [-0.05, 0) is 28.5 Å². The van der Waals surface area contributed by atoms with Gasteiger partial charge in [-0.1, -0.05) is 18.2 Å². The van der Waals surface area contributed by atoms with Crippen molar-refractivity contribution in [1.29, 1.82) is 0 Å². The smallest absolute Gasteiger partial charge is 0.162 e. The van der Waals surface area contributed by atoms with E-state index in [9.17, 15) is 13.2 Å². The third-order valence-corrected chi connectivity index (χ3v) is 2.85. The molecule has 0 amide bonds. The number of allylic oxidation sites excluding steroid dienone is 1. The third kappa shape index (κ3) is 1.18. The largest absolute Gasteiger partial charge is 0.208 e. The fourth-order valence-corrected chi connectivity index (χ4v) is 2.18. The molecule has 0 aromatic heterocycles. The van der Waals surface area contributed by atoms with Gasteiger partial charge >= 0.3 is 0 Å². The van der Waals surface area contributed by atoms with Gasteiger partial charge in [0.25, 0.3) is 0 Å². The van der Waals surface area contributed by atoms with Crippen LogP contribution in [-0.2, 0) is 6.42 Å². The summed E-state index contributed by atoms with van der Waals surface area (Å²) in [6, 6.07) is 7.52. The summed E-state index contributed by atoms with van der Waals surface area (Å²) >= 11 is 0.